The third-order valence-corrected chi connectivity index (χ3v) is 3.54. The molecule has 1 aliphatic heterocycles. The predicted molar refractivity (Wildman–Crippen MR) is 80.3 cm³/mol. The van der Waals surface area contributed by atoms with Gasteiger partial charge in [-0.15, -0.1) is 0 Å². The predicted octanol–water partition coefficient (Wildman–Crippen LogP) is 0.798. The first kappa shape index (κ1) is 15.3. The van der Waals surface area contributed by atoms with Gasteiger partial charge in [0.2, 0.25) is 11.8 Å². The third kappa shape index (κ3) is 4.46. The minimum absolute atomic E-state index is 0.0560. The molecule has 1 fully saturated rings. The minimum atomic E-state index is -0.0560. The van der Waals surface area contributed by atoms with E-state index in [1.807, 2.05) is 18.2 Å². The van der Waals surface area contributed by atoms with E-state index in [-0.39, 0.29) is 11.8 Å². The van der Waals surface area contributed by atoms with Gasteiger partial charge in [-0.05, 0) is 12.1 Å². The van der Waals surface area contributed by atoms with E-state index in [4.69, 9.17) is 4.74 Å². The van der Waals surface area contributed by atoms with Crippen LogP contribution in [0.3, 0.4) is 0 Å². The van der Waals surface area contributed by atoms with Gasteiger partial charge in [0.25, 0.3) is 0 Å². The SMILES string of the molecule is COc1cccc(NC(=O)CN2CCN(C(C)=O)CC2)c1. The maximum absolute atomic E-state index is 12.0. The Morgan fingerprint density at radius 1 is 1.24 bits per heavy atom. The van der Waals surface area contributed by atoms with Gasteiger partial charge in [0.05, 0.1) is 13.7 Å². The number of anilines is 1. The molecule has 1 aliphatic rings. The van der Waals surface area contributed by atoms with Crippen LogP contribution < -0.4 is 10.1 Å². The van der Waals surface area contributed by atoms with Gasteiger partial charge in [-0.2, -0.15) is 0 Å². The molecular weight excluding hydrogens is 270 g/mol. The Hall–Kier alpha value is -2.08. The molecule has 0 atom stereocenters. The molecule has 0 aromatic heterocycles. The molecule has 1 heterocycles. The number of amides is 2. The van der Waals surface area contributed by atoms with Crippen LogP contribution in [-0.2, 0) is 9.59 Å². The molecule has 2 amide bonds. The third-order valence-electron chi connectivity index (χ3n) is 3.54. The largest absolute Gasteiger partial charge is 0.497 e. The van der Waals surface area contributed by atoms with Gasteiger partial charge in [0.15, 0.2) is 0 Å². The average molecular weight is 291 g/mol. The van der Waals surface area contributed by atoms with E-state index in [1.54, 1.807) is 25.0 Å². The lowest BCUT2D eigenvalue weighted by molar-refractivity contribution is -0.130. The van der Waals surface area contributed by atoms with Gasteiger partial charge in [-0.25, -0.2) is 0 Å². The smallest absolute Gasteiger partial charge is 0.238 e. The topological polar surface area (TPSA) is 61.9 Å². The molecular formula is C15H21N3O3. The molecule has 0 spiro atoms. The number of ether oxygens (including phenoxy) is 1. The van der Waals surface area contributed by atoms with Crippen LogP contribution in [-0.4, -0.2) is 61.4 Å². The van der Waals surface area contributed by atoms with Crippen molar-refractivity contribution in [2.45, 2.75) is 6.92 Å². The first-order chi connectivity index (χ1) is 10.1. The van der Waals surface area contributed by atoms with Crippen LogP contribution in [0, 0.1) is 0 Å². The number of benzene rings is 1. The van der Waals surface area contributed by atoms with Crippen molar-refractivity contribution in [3.63, 3.8) is 0 Å². The van der Waals surface area contributed by atoms with E-state index in [1.165, 1.54) is 0 Å². The summed E-state index contributed by atoms with van der Waals surface area (Å²) >= 11 is 0. The fourth-order valence-corrected chi connectivity index (χ4v) is 2.33. The summed E-state index contributed by atoms with van der Waals surface area (Å²) < 4.78 is 5.12. The Bertz CT molecular complexity index is 511. The number of carbonyl (C=O) groups is 2. The van der Waals surface area contributed by atoms with Crippen LogP contribution in [0.4, 0.5) is 5.69 Å². The molecule has 6 heteroatoms. The molecule has 0 unspecified atom stereocenters. The standard InChI is InChI=1S/C15H21N3O3/c1-12(19)18-8-6-17(7-9-18)11-15(20)16-13-4-3-5-14(10-13)21-2/h3-5,10H,6-9,11H2,1-2H3,(H,16,20). The number of hydrogen-bond donors (Lipinski definition) is 1. The van der Waals surface area contributed by atoms with E-state index < -0.39 is 0 Å². The number of hydrogen-bond acceptors (Lipinski definition) is 4. The van der Waals surface area contributed by atoms with Gasteiger partial charge < -0.3 is 15.0 Å². The lowest BCUT2D eigenvalue weighted by Gasteiger charge is -2.33. The van der Waals surface area contributed by atoms with Crippen LogP contribution in [0.5, 0.6) is 5.75 Å². The summed E-state index contributed by atoms with van der Waals surface area (Å²) in [5.74, 6) is 0.748. The van der Waals surface area contributed by atoms with E-state index in [9.17, 15) is 9.59 Å². The molecule has 1 N–H and O–H groups in total. The van der Waals surface area contributed by atoms with Crippen LogP contribution in [0.25, 0.3) is 0 Å². The molecule has 114 valence electrons. The Balaban J connectivity index is 1.81. The molecule has 0 radical (unpaired) electrons. The quantitative estimate of drug-likeness (QED) is 0.891. The molecule has 1 saturated heterocycles. The van der Waals surface area contributed by atoms with Crippen molar-refractivity contribution >= 4 is 17.5 Å². The molecule has 0 bridgehead atoms. The second kappa shape index (κ2) is 7.08. The number of methoxy groups -OCH3 is 1. The summed E-state index contributed by atoms with van der Waals surface area (Å²) in [6.45, 7) is 4.73. The van der Waals surface area contributed by atoms with E-state index in [2.05, 4.69) is 10.2 Å². The van der Waals surface area contributed by atoms with Crippen molar-refractivity contribution < 1.29 is 14.3 Å². The highest BCUT2D eigenvalue weighted by molar-refractivity contribution is 5.92. The summed E-state index contributed by atoms with van der Waals surface area (Å²) in [4.78, 5) is 27.1. The summed E-state index contributed by atoms with van der Waals surface area (Å²) in [6, 6.07) is 7.27. The highest BCUT2D eigenvalue weighted by atomic mass is 16.5. The second-order valence-electron chi connectivity index (χ2n) is 5.06. The number of nitrogens with zero attached hydrogens (tertiary/aromatic N) is 2. The van der Waals surface area contributed by atoms with Crippen LogP contribution in [0.1, 0.15) is 6.92 Å². The van der Waals surface area contributed by atoms with Crippen molar-refractivity contribution in [1.82, 2.24) is 9.80 Å². The minimum Gasteiger partial charge on any atom is -0.497 e. The maximum atomic E-state index is 12.0. The fourth-order valence-electron chi connectivity index (χ4n) is 2.33. The number of carbonyl (C=O) groups excluding carboxylic acids is 2. The number of piperazine rings is 1. The second-order valence-corrected chi connectivity index (χ2v) is 5.06. The van der Waals surface area contributed by atoms with Gasteiger partial charge in [-0.3, -0.25) is 14.5 Å². The monoisotopic (exact) mass is 291 g/mol. The number of nitrogens with one attached hydrogen (secondary N) is 1. The zero-order valence-corrected chi connectivity index (χ0v) is 12.5. The molecule has 0 saturated carbocycles. The highest BCUT2D eigenvalue weighted by Crippen LogP contribution is 2.16. The van der Waals surface area contributed by atoms with Crippen LogP contribution in [0.2, 0.25) is 0 Å². The number of rotatable bonds is 4. The van der Waals surface area contributed by atoms with E-state index in [0.29, 0.717) is 25.4 Å². The molecule has 1 aromatic carbocycles. The van der Waals surface area contributed by atoms with Crippen molar-refractivity contribution in [1.29, 1.82) is 0 Å². The summed E-state index contributed by atoms with van der Waals surface area (Å²) in [5, 5.41) is 2.86. The first-order valence-corrected chi connectivity index (χ1v) is 7.00. The Morgan fingerprint density at radius 2 is 1.95 bits per heavy atom. The van der Waals surface area contributed by atoms with Crippen LogP contribution >= 0.6 is 0 Å². The van der Waals surface area contributed by atoms with E-state index >= 15 is 0 Å². The highest BCUT2D eigenvalue weighted by Gasteiger charge is 2.20. The van der Waals surface area contributed by atoms with Crippen LogP contribution in [0.15, 0.2) is 24.3 Å². The maximum Gasteiger partial charge on any atom is 0.238 e. The molecule has 0 aliphatic carbocycles. The van der Waals surface area contributed by atoms with Crippen molar-refractivity contribution in [3.8, 4) is 5.75 Å². The lowest BCUT2D eigenvalue weighted by Crippen LogP contribution is -2.49. The van der Waals surface area contributed by atoms with Crippen molar-refractivity contribution in [2.24, 2.45) is 0 Å². The van der Waals surface area contributed by atoms with Gasteiger partial charge >= 0.3 is 0 Å². The summed E-state index contributed by atoms with van der Waals surface area (Å²) in [7, 11) is 1.59. The van der Waals surface area contributed by atoms with Crippen molar-refractivity contribution in [3.05, 3.63) is 24.3 Å². The normalized spacial score (nSPS) is 15.6. The van der Waals surface area contributed by atoms with Crippen molar-refractivity contribution in [2.75, 3.05) is 45.2 Å². The van der Waals surface area contributed by atoms with Gasteiger partial charge in [0.1, 0.15) is 5.75 Å². The Labute approximate surface area is 124 Å². The Morgan fingerprint density at radius 3 is 2.57 bits per heavy atom. The van der Waals surface area contributed by atoms with E-state index in [0.717, 1.165) is 18.8 Å². The zero-order chi connectivity index (χ0) is 15.2. The fraction of sp³-hybridized carbons (Fsp3) is 0.467. The average Bonchev–Trinajstić information content (AvgIpc) is 2.47. The van der Waals surface area contributed by atoms with Gasteiger partial charge in [0, 0.05) is 44.9 Å². The lowest BCUT2D eigenvalue weighted by atomic mass is 10.3. The molecule has 1 aromatic rings. The molecule has 6 nitrogen and oxygen atoms in total. The van der Waals surface area contributed by atoms with Gasteiger partial charge in [-0.1, -0.05) is 6.07 Å². The summed E-state index contributed by atoms with van der Waals surface area (Å²) in [6.07, 6.45) is 0. The molecule has 21 heavy (non-hydrogen) atoms. The Kier molecular flexibility index (Phi) is 5.16. The zero-order valence-electron chi connectivity index (χ0n) is 12.5. The first-order valence-electron chi connectivity index (χ1n) is 7.00. The molecule has 2 rings (SSSR count). The summed E-state index contributed by atoms with van der Waals surface area (Å²) in [5.41, 5.74) is 0.724.